The maximum absolute atomic E-state index is 5.35. The van der Waals surface area contributed by atoms with E-state index in [1.165, 1.54) is 16.8 Å². The van der Waals surface area contributed by atoms with E-state index in [0.717, 1.165) is 34.9 Å². The molecule has 0 saturated heterocycles. The highest BCUT2D eigenvalue weighted by molar-refractivity contribution is 5.64. The Kier molecular flexibility index (Phi) is 3.42. The number of nitrogens with zero attached hydrogens (tertiary/aromatic N) is 1. The standard InChI is InChI=1S/C18H20NO2/c1-12-9-18-16-6-5-15(21-4)10-14(16)7-8-19(18)11-17(12)13(2)20-3/h5-6,9-11H,1,7-8H2,2-4H3/q+1. The maximum atomic E-state index is 5.35. The molecule has 1 aliphatic rings. The normalized spacial score (nSPS) is 14.0. The summed E-state index contributed by atoms with van der Waals surface area (Å²) >= 11 is 0. The van der Waals surface area contributed by atoms with Gasteiger partial charge in [0.05, 0.1) is 19.4 Å². The third-order valence-electron chi connectivity index (χ3n) is 4.15. The second-order valence-corrected chi connectivity index (χ2v) is 5.32. The lowest BCUT2D eigenvalue weighted by Gasteiger charge is -2.15. The number of aromatic nitrogens is 1. The van der Waals surface area contributed by atoms with Crippen LogP contribution in [0.1, 0.15) is 12.5 Å². The number of fused-ring (bicyclic) bond motifs is 3. The number of ether oxygens (including phenoxy) is 2. The summed E-state index contributed by atoms with van der Waals surface area (Å²) in [5.74, 6) is 1.81. The van der Waals surface area contributed by atoms with Gasteiger partial charge in [0.25, 0.3) is 0 Å². The van der Waals surface area contributed by atoms with E-state index in [0.29, 0.717) is 0 Å². The molecule has 0 amide bonds. The molecule has 2 aromatic rings. The van der Waals surface area contributed by atoms with Crippen molar-refractivity contribution in [1.82, 2.24) is 0 Å². The molecule has 0 bridgehead atoms. The highest BCUT2D eigenvalue weighted by Gasteiger charge is 2.23. The third kappa shape index (κ3) is 2.29. The zero-order valence-electron chi connectivity index (χ0n) is 12.8. The lowest BCUT2D eigenvalue weighted by molar-refractivity contribution is -0.688. The second-order valence-electron chi connectivity index (χ2n) is 5.32. The van der Waals surface area contributed by atoms with Crippen LogP contribution in [0.4, 0.5) is 0 Å². The van der Waals surface area contributed by atoms with Crippen LogP contribution in [0.25, 0.3) is 23.6 Å². The lowest BCUT2D eigenvalue weighted by Crippen LogP contribution is -2.47. The van der Waals surface area contributed by atoms with Gasteiger partial charge in [0.1, 0.15) is 11.5 Å². The quantitative estimate of drug-likeness (QED) is 0.777. The first kappa shape index (κ1) is 13.7. The molecule has 21 heavy (non-hydrogen) atoms. The number of hydrogen-bond acceptors (Lipinski definition) is 2. The fourth-order valence-corrected chi connectivity index (χ4v) is 2.87. The van der Waals surface area contributed by atoms with Gasteiger partial charge in [0.15, 0.2) is 12.7 Å². The highest BCUT2D eigenvalue weighted by atomic mass is 16.5. The molecular formula is C18H20NO2+. The molecule has 1 aromatic carbocycles. The first-order valence-electron chi connectivity index (χ1n) is 7.08. The van der Waals surface area contributed by atoms with Crippen LogP contribution in [0, 0.1) is 0 Å². The van der Waals surface area contributed by atoms with Gasteiger partial charge in [0, 0.05) is 18.1 Å². The zero-order chi connectivity index (χ0) is 15.0. The van der Waals surface area contributed by atoms with Crippen LogP contribution in [0.15, 0.2) is 30.5 Å². The minimum Gasteiger partial charge on any atom is -0.501 e. The molecule has 0 saturated carbocycles. The Morgan fingerprint density at radius 2 is 2.05 bits per heavy atom. The summed E-state index contributed by atoms with van der Waals surface area (Å²) in [6.45, 7) is 7.09. The Hall–Kier alpha value is -2.29. The topological polar surface area (TPSA) is 22.3 Å². The van der Waals surface area contributed by atoms with E-state index in [1.54, 1.807) is 14.2 Å². The smallest absolute Gasteiger partial charge is 0.213 e. The number of hydrogen-bond donors (Lipinski definition) is 0. The molecule has 0 atom stereocenters. The van der Waals surface area contributed by atoms with Crippen LogP contribution in [0.2, 0.25) is 0 Å². The summed E-state index contributed by atoms with van der Waals surface area (Å²) in [6, 6.07) is 8.41. The molecule has 0 unspecified atom stereocenters. The number of rotatable bonds is 2. The minimum atomic E-state index is 0.899. The molecule has 0 radical (unpaired) electrons. The number of benzene rings is 1. The summed E-state index contributed by atoms with van der Waals surface area (Å²) in [7, 11) is 3.40. The molecule has 0 spiro atoms. The zero-order valence-corrected chi connectivity index (χ0v) is 12.8. The van der Waals surface area contributed by atoms with Crippen LogP contribution < -0.4 is 19.7 Å². The van der Waals surface area contributed by atoms with Crippen LogP contribution in [-0.2, 0) is 17.7 Å². The van der Waals surface area contributed by atoms with Gasteiger partial charge in [-0.3, -0.25) is 0 Å². The van der Waals surface area contributed by atoms with Gasteiger partial charge in [-0.2, -0.15) is 4.57 Å². The van der Waals surface area contributed by atoms with Crippen molar-refractivity contribution < 1.29 is 14.0 Å². The monoisotopic (exact) mass is 282 g/mol. The van der Waals surface area contributed by atoms with Crippen molar-refractivity contribution in [2.45, 2.75) is 19.9 Å². The van der Waals surface area contributed by atoms with Crippen LogP contribution >= 0.6 is 0 Å². The highest BCUT2D eigenvalue weighted by Crippen LogP contribution is 2.27. The summed E-state index contributed by atoms with van der Waals surface area (Å²) in [6.07, 6.45) is 3.15. The molecule has 1 aliphatic heterocycles. The molecule has 3 nitrogen and oxygen atoms in total. The van der Waals surface area contributed by atoms with Crippen molar-refractivity contribution in [3.05, 3.63) is 46.5 Å². The molecule has 0 aliphatic carbocycles. The Morgan fingerprint density at radius 1 is 1.24 bits per heavy atom. The fraction of sp³-hybridized carbons (Fsp3) is 0.278. The van der Waals surface area contributed by atoms with E-state index in [1.807, 2.05) is 13.0 Å². The third-order valence-corrected chi connectivity index (χ3v) is 4.15. The van der Waals surface area contributed by atoms with Gasteiger partial charge in [-0.05, 0) is 35.9 Å². The Labute approximate surface area is 124 Å². The molecule has 108 valence electrons. The van der Waals surface area contributed by atoms with Crippen molar-refractivity contribution in [3.63, 3.8) is 0 Å². The van der Waals surface area contributed by atoms with Crippen LogP contribution in [0.5, 0.6) is 5.75 Å². The van der Waals surface area contributed by atoms with E-state index >= 15 is 0 Å². The predicted molar refractivity (Wildman–Crippen MR) is 83.2 cm³/mol. The average Bonchev–Trinajstić information content (AvgIpc) is 2.52. The van der Waals surface area contributed by atoms with Gasteiger partial charge >= 0.3 is 0 Å². The van der Waals surface area contributed by atoms with Gasteiger partial charge < -0.3 is 9.47 Å². The Morgan fingerprint density at radius 3 is 2.76 bits per heavy atom. The van der Waals surface area contributed by atoms with Gasteiger partial charge in [-0.1, -0.05) is 6.58 Å². The predicted octanol–water partition coefficient (Wildman–Crippen LogP) is 1.39. The van der Waals surface area contributed by atoms with Crippen LogP contribution in [0.3, 0.4) is 0 Å². The molecular weight excluding hydrogens is 262 g/mol. The SMILES string of the molecule is C=c1cc2[n+](cc1=C(C)OC)CCc1cc(OC)ccc1-2. The minimum absolute atomic E-state index is 0.899. The second kappa shape index (κ2) is 5.24. The average molecular weight is 282 g/mol. The Bertz CT molecular complexity index is 809. The fourth-order valence-electron chi connectivity index (χ4n) is 2.87. The first-order valence-corrected chi connectivity index (χ1v) is 7.08. The van der Waals surface area contributed by atoms with Gasteiger partial charge in [-0.25, -0.2) is 0 Å². The first-order chi connectivity index (χ1) is 10.1. The van der Waals surface area contributed by atoms with Crippen LogP contribution in [-0.4, -0.2) is 14.2 Å². The Balaban J connectivity index is 2.23. The number of pyridine rings is 1. The van der Waals surface area contributed by atoms with Crippen molar-refractivity contribution in [2.24, 2.45) is 0 Å². The van der Waals surface area contributed by atoms with E-state index in [2.05, 4.69) is 35.5 Å². The molecule has 0 fully saturated rings. The lowest BCUT2D eigenvalue weighted by atomic mass is 9.96. The molecule has 0 N–H and O–H groups in total. The maximum Gasteiger partial charge on any atom is 0.213 e. The van der Waals surface area contributed by atoms with Crippen molar-refractivity contribution >= 4 is 12.3 Å². The summed E-state index contributed by atoms with van der Waals surface area (Å²) in [5.41, 5.74) is 3.79. The summed E-state index contributed by atoms with van der Waals surface area (Å²) in [4.78, 5) is 0. The van der Waals surface area contributed by atoms with E-state index in [-0.39, 0.29) is 0 Å². The molecule has 3 heteroatoms. The summed E-state index contributed by atoms with van der Waals surface area (Å²) < 4.78 is 13.0. The van der Waals surface area contributed by atoms with Crippen molar-refractivity contribution in [2.75, 3.05) is 14.2 Å². The van der Waals surface area contributed by atoms with E-state index in [9.17, 15) is 0 Å². The van der Waals surface area contributed by atoms with Gasteiger partial charge in [-0.15, -0.1) is 0 Å². The largest absolute Gasteiger partial charge is 0.501 e. The number of aryl methyl sites for hydroxylation is 2. The van der Waals surface area contributed by atoms with Crippen molar-refractivity contribution in [1.29, 1.82) is 0 Å². The summed E-state index contributed by atoms with van der Waals surface area (Å²) in [5, 5.41) is 2.06. The molecule has 2 heterocycles. The molecule has 3 rings (SSSR count). The number of methoxy groups -OCH3 is 2. The molecule has 1 aromatic heterocycles. The van der Waals surface area contributed by atoms with Gasteiger partial charge in [0.2, 0.25) is 5.69 Å². The van der Waals surface area contributed by atoms with E-state index in [4.69, 9.17) is 9.47 Å². The van der Waals surface area contributed by atoms with E-state index < -0.39 is 0 Å². The van der Waals surface area contributed by atoms with Crippen molar-refractivity contribution in [3.8, 4) is 17.0 Å².